The fourth-order valence-electron chi connectivity index (χ4n) is 3.98. The number of hydrogen-bond donors (Lipinski definition) is 1. The van der Waals surface area contributed by atoms with E-state index in [2.05, 4.69) is 34.3 Å². The van der Waals surface area contributed by atoms with Crippen LogP contribution in [0.4, 0.5) is 11.4 Å². The normalized spacial score (nSPS) is 28.1. The summed E-state index contributed by atoms with van der Waals surface area (Å²) in [6.07, 6.45) is 1.25. The van der Waals surface area contributed by atoms with Crippen LogP contribution < -0.4 is 19.9 Å². The standard InChI is InChI=1S/C15H21N3O/c1-17-5-6-18-13-3-4-16-9-12(13)11-7-10(19-2)8-14(17)15(11)18/h7-8,12-13,16H,3-6,9H2,1-2H3. The molecule has 3 aliphatic heterocycles. The summed E-state index contributed by atoms with van der Waals surface area (Å²) < 4.78 is 5.50. The van der Waals surface area contributed by atoms with Crippen LogP contribution in [0.25, 0.3) is 0 Å². The number of likely N-dealkylation sites (N-methyl/N-ethyl adjacent to an activating group) is 1. The maximum Gasteiger partial charge on any atom is 0.121 e. The van der Waals surface area contributed by atoms with E-state index >= 15 is 0 Å². The molecule has 1 saturated heterocycles. The Labute approximate surface area is 114 Å². The maximum absolute atomic E-state index is 5.50. The molecule has 1 aromatic rings. The van der Waals surface area contributed by atoms with Crippen LogP contribution in [0.5, 0.6) is 5.75 Å². The summed E-state index contributed by atoms with van der Waals surface area (Å²) in [6.45, 7) is 4.51. The number of benzene rings is 1. The van der Waals surface area contributed by atoms with Crippen LogP contribution in [0.15, 0.2) is 12.1 Å². The van der Waals surface area contributed by atoms with Crippen LogP contribution >= 0.6 is 0 Å². The molecule has 0 spiro atoms. The summed E-state index contributed by atoms with van der Waals surface area (Å²) in [5.74, 6) is 1.62. The molecule has 4 nitrogen and oxygen atoms in total. The molecule has 1 fully saturated rings. The van der Waals surface area contributed by atoms with E-state index in [-0.39, 0.29) is 0 Å². The lowest BCUT2D eigenvalue weighted by atomic mass is 9.90. The van der Waals surface area contributed by atoms with E-state index in [4.69, 9.17) is 4.74 Å². The molecular formula is C15H21N3O. The SMILES string of the molecule is COc1cc2c3c(c1)N(C)CCN3C1CCNCC21. The van der Waals surface area contributed by atoms with Crippen LogP contribution in [-0.2, 0) is 0 Å². The second-order valence-electron chi connectivity index (χ2n) is 5.87. The van der Waals surface area contributed by atoms with Gasteiger partial charge in [-0.2, -0.15) is 0 Å². The molecule has 0 aromatic heterocycles. The van der Waals surface area contributed by atoms with E-state index in [1.807, 2.05) is 0 Å². The first-order valence-electron chi connectivity index (χ1n) is 7.20. The van der Waals surface area contributed by atoms with Gasteiger partial charge in [-0.3, -0.25) is 0 Å². The number of nitrogens with zero attached hydrogens (tertiary/aromatic N) is 2. The second-order valence-corrected chi connectivity index (χ2v) is 5.87. The number of rotatable bonds is 1. The summed E-state index contributed by atoms with van der Waals surface area (Å²) in [5, 5.41) is 3.55. The fourth-order valence-corrected chi connectivity index (χ4v) is 3.98. The highest BCUT2D eigenvalue weighted by Gasteiger charge is 2.43. The first-order chi connectivity index (χ1) is 9.29. The van der Waals surface area contributed by atoms with E-state index < -0.39 is 0 Å². The summed E-state index contributed by atoms with van der Waals surface area (Å²) in [5.41, 5.74) is 4.29. The van der Waals surface area contributed by atoms with Crippen LogP contribution in [0.2, 0.25) is 0 Å². The maximum atomic E-state index is 5.50. The zero-order valence-corrected chi connectivity index (χ0v) is 11.6. The van der Waals surface area contributed by atoms with Gasteiger partial charge in [-0.15, -0.1) is 0 Å². The molecule has 1 N–H and O–H groups in total. The summed E-state index contributed by atoms with van der Waals surface area (Å²) in [4.78, 5) is 5.01. The Morgan fingerprint density at radius 1 is 1.32 bits per heavy atom. The number of ether oxygens (including phenoxy) is 1. The van der Waals surface area contributed by atoms with E-state index in [1.165, 1.54) is 23.4 Å². The molecule has 0 bridgehead atoms. The zero-order chi connectivity index (χ0) is 13.0. The average molecular weight is 259 g/mol. The van der Waals surface area contributed by atoms with Crippen molar-refractivity contribution < 1.29 is 4.74 Å². The van der Waals surface area contributed by atoms with Crippen molar-refractivity contribution in [2.24, 2.45) is 0 Å². The first kappa shape index (κ1) is 11.4. The van der Waals surface area contributed by atoms with Gasteiger partial charge in [0.05, 0.1) is 18.5 Å². The number of piperidine rings is 1. The van der Waals surface area contributed by atoms with Crippen molar-refractivity contribution in [1.29, 1.82) is 0 Å². The molecule has 4 rings (SSSR count). The highest BCUT2D eigenvalue weighted by Crippen LogP contribution is 2.51. The van der Waals surface area contributed by atoms with Crippen molar-refractivity contribution in [2.45, 2.75) is 18.4 Å². The Morgan fingerprint density at radius 3 is 3.05 bits per heavy atom. The van der Waals surface area contributed by atoms with Crippen molar-refractivity contribution in [2.75, 3.05) is 50.1 Å². The van der Waals surface area contributed by atoms with E-state index in [9.17, 15) is 0 Å². The molecule has 0 saturated carbocycles. The average Bonchev–Trinajstić information content (AvgIpc) is 2.78. The Hall–Kier alpha value is -1.42. The van der Waals surface area contributed by atoms with Gasteiger partial charge in [0.25, 0.3) is 0 Å². The molecule has 0 radical (unpaired) electrons. The van der Waals surface area contributed by atoms with Gasteiger partial charge in [0, 0.05) is 44.7 Å². The molecule has 19 heavy (non-hydrogen) atoms. The van der Waals surface area contributed by atoms with Crippen LogP contribution in [0.3, 0.4) is 0 Å². The summed E-state index contributed by atoms with van der Waals surface area (Å²) >= 11 is 0. The molecule has 1 aromatic carbocycles. The van der Waals surface area contributed by atoms with Crippen molar-refractivity contribution in [1.82, 2.24) is 5.32 Å². The Bertz CT molecular complexity index is 516. The number of hydrogen-bond acceptors (Lipinski definition) is 4. The van der Waals surface area contributed by atoms with Crippen molar-refractivity contribution in [3.63, 3.8) is 0 Å². The minimum atomic E-state index is 0.629. The molecule has 3 heterocycles. The highest BCUT2D eigenvalue weighted by molar-refractivity contribution is 5.82. The van der Waals surface area contributed by atoms with Crippen LogP contribution in [0, 0.1) is 0 Å². The molecule has 3 aliphatic rings. The summed E-state index contributed by atoms with van der Waals surface area (Å²) in [7, 11) is 3.95. The number of fused-ring (bicyclic) bond motifs is 3. The zero-order valence-electron chi connectivity index (χ0n) is 11.6. The second kappa shape index (κ2) is 4.04. The predicted octanol–water partition coefficient (Wildman–Crippen LogP) is 1.41. The lowest BCUT2D eigenvalue weighted by Crippen LogP contribution is -2.48. The summed E-state index contributed by atoms with van der Waals surface area (Å²) in [6, 6.07) is 5.13. The van der Waals surface area contributed by atoms with Crippen molar-refractivity contribution in [3.05, 3.63) is 17.7 Å². The Balaban J connectivity index is 1.90. The highest BCUT2D eigenvalue weighted by atomic mass is 16.5. The first-order valence-corrected chi connectivity index (χ1v) is 7.20. The molecule has 2 unspecified atom stereocenters. The largest absolute Gasteiger partial charge is 0.497 e. The van der Waals surface area contributed by atoms with E-state index in [0.717, 1.165) is 31.9 Å². The van der Waals surface area contributed by atoms with Gasteiger partial charge in [0.1, 0.15) is 5.75 Å². The smallest absolute Gasteiger partial charge is 0.121 e. The topological polar surface area (TPSA) is 27.7 Å². The van der Waals surface area contributed by atoms with Crippen molar-refractivity contribution >= 4 is 11.4 Å². The van der Waals surface area contributed by atoms with Gasteiger partial charge < -0.3 is 19.9 Å². The van der Waals surface area contributed by atoms with Crippen molar-refractivity contribution in [3.8, 4) is 5.75 Å². The molecule has 102 valence electrons. The van der Waals surface area contributed by atoms with Gasteiger partial charge in [-0.25, -0.2) is 0 Å². The van der Waals surface area contributed by atoms with Gasteiger partial charge >= 0.3 is 0 Å². The van der Waals surface area contributed by atoms with Gasteiger partial charge in [-0.05, 0) is 24.6 Å². The number of nitrogens with one attached hydrogen (secondary N) is 1. The third kappa shape index (κ3) is 1.49. The van der Waals surface area contributed by atoms with Gasteiger partial charge in [0.2, 0.25) is 0 Å². The molecule has 4 heteroatoms. The molecule has 0 aliphatic carbocycles. The van der Waals surface area contributed by atoms with Gasteiger partial charge in [-0.1, -0.05) is 0 Å². The number of anilines is 2. The monoisotopic (exact) mass is 259 g/mol. The predicted molar refractivity (Wildman–Crippen MR) is 77.6 cm³/mol. The number of methoxy groups -OCH3 is 1. The Morgan fingerprint density at radius 2 is 2.21 bits per heavy atom. The minimum absolute atomic E-state index is 0.629. The third-order valence-corrected chi connectivity index (χ3v) is 4.95. The lowest BCUT2D eigenvalue weighted by Gasteiger charge is -2.39. The van der Waals surface area contributed by atoms with E-state index in [1.54, 1.807) is 7.11 Å². The third-order valence-electron chi connectivity index (χ3n) is 4.95. The van der Waals surface area contributed by atoms with Crippen LogP contribution in [-0.4, -0.2) is 46.4 Å². The quantitative estimate of drug-likeness (QED) is 0.825. The fraction of sp³-hybridized carbons (Fsp3) is 0.600. The van der Waals surface area contributed by atoms with Crippen LogP contribution in [0.1, 0.15) is 17.9 Å². The molecular weight excluding hydrogens is 238 g/mol. The molecule has 2 atom stereocenters. The van der Waals surface area contributed by atoms with Gasteiger partial charge in [0.15, 0.2) is 0 Å². The lowest BCUT2D eigenvalue weighted by molar-refractivity contribution is 0.399. The minimum Gasteiger partial charge on any atom is -0.497 e. The molecule has 0 amide bonds. The Kier molecular flexibility index (Phi) is 2.42. The van der Waals surface area contributed by atoms with E-state index in [0.29, 0.717) is 12.0 Å².